The lowest BCUT2D eigenvalue weighted by Gasteiger charge is -2.21. The van der Waals surface area contributed by atoms with Gasteiger partial charge in [0.1, 0.15) is 12.1 Å². The van der Waals surface area contributed by atoms with Crippen LogP contribution in [0.15, 0.2) is 12.2 Å². The van der Waals surface area contributed by atoms with Gasteiger partial charge >= 0.3 is 5.97 Å². The minimum Gasteiger partial charge on any atom is -0.480 e. The molecule has 4 amide bonds. The van der Waals surface area contributed by atoms with Gasteiger partial charge in [0.2, 0.25) is 23.6 Å². The number of carboxylic acids is 1. The highest BCUT2D eigenvalue weighted by Crippen LogP contribution is 2.10. The van der Waals surface area contributed by atoms with Crippen molar-refractivity contribution in [3.63, 3.8) is 0 Å². The van der Waals surface area contributed by atoms with Gasteiger partial charge < -0.3 is 26.4 Å². The first-order chi connectivity index (χ1) is 20.1. The maximum Gasteiger partial charge on any atom is 0.326 e. The molecular weight excluding hydrogens is 536 g/mol. The van der Waals surface area contributed by atoms with Gasteiger partial charge in [-0.2, -0.15) is 0 Å². The third-order valence-corrected chi connectivity index (χ3v) is 7.02. The zero-order chi connectivity index (χ0) is 31.6. The Morgan fingerprint density at radius 1 is 0.619 bits per heavy atom. The second-order valence-electron chi connectivity index (χ2n) is 11.4. The van der Waals surface area contributed by atoms with E-state index in [4.69, 9.17) is 0 Å². The van der Waals surface area contributed by atoms with Gasteiger partial charge in [-0.05, 0) is 44.9 Å². The van der Waals surface area contributed by atoms with E-state index in [1.54, 1.807) is 13.8 Å². The molecule has 0 rings (SSSR count). The topological polar surface area (TPSA) is 154 Å². The van der Waals surface area contributed by atoms with Gasteiger partial charge in [0.05, 0.1) is 0 Å². The number of amides is 4. The molecule has 0 bridgehead atoms. The summed E-state index contributed by atoms with van der Waals surface area (Å²) in [6, 6.07) is -1.98. The van der Waals surface area contributed by atoms with E-state index in [0.29, 0.717) is 13.0 Å². The van der Waals surface area contributed by atoms with E-state index in [1.807, 2.05) is 0 Å². The van der Waals surface area contributed by atoms with Crippen molar-refractivity contribution in [2.45, 2.75) is 143 Å². The molecule has 10 nitrogen and oxygen atoms in total. The van der Waals surface area contributed by atoms with Crippen LogP contribution in [0.2, 0.25) is 0 Å². The van der Waals surface area contributed by atoms with E-state index < -0.39 is 29.9 Å². The molecule has 0 unspecified atom stereocenters. The summed E-state index contributed by atoms with van der Waals surface area (Å²) in [6.07, 6.45) is 20.7. The minimum atomic E-state index is -1.15. The van der Waals surface area contributed by atoms with Gasteiger partial charge in [-0.25, -0.2) is 4.79 Å². The number of hydrogen-bond acceptors (Lipinski definition) is 5. The van der Waals surface area contributed by atoms with Crippen LogP contribution in [0.3, 0.4) is 0 Å². The zero-order valence-electron chi connectivity index (χ0n) is 26.6. The van der Waals surface area contributed by atoms with Crippen LogP contribution in [0.25, 0.3) is 0 Å². The summed E-state index contributed by atoms with van der Waals surface area (Å²) < 4.78 is 0. The lowest BCUT2D eigenvalue weighted by atomic mass is 10.0. The summed E-state index contributed by atoms with van der Waals surface area (Å²) in [4.78, 5) is 59.4. The van der Waals surface area contributed by atoms with Gasteiger partial charge in [0, 0.05) is 32.4 Å². The number of carbonyl (C=O) groups excluding carboxylic acids is 4. The third-order valence-electron chi connectivity index (χ3n) is 7.02. The van der Waals surface area contributed by atoms with Crippen LogP contribution < -0.4 is 21.3 Å². The zero-order valence-corrected chi connectivity index (χ0v) is 26.6. The van der Waals surface area contributed by atoms with E-state index in [-0.39, 0.29) is 37.1 Å². The normalized spacial score (nSPS) is 12.6. The molecule has 0 radical (unpaired) electrons. The summed E-state index contributed by atoms with van der Waals surface area (Å²) in [5.41, 5.74) is 0. The van der Waals surface area contributed by atoms with Crippen LogP contribution in [0.4, 0.5) is 0 Å². The van der Waals surface area contributed by atoms with Crippen molar-refractivity contribution in [3.05, 3.63) is 12.2 Å². The number of hydrogen-bond donors (Lipinski definition) is 5. The lowest BCUT2D eigenvalue weighted by Crippen LogP contribution is -2.52. The molecule has 42 heavy (non-hydrogen) atoms. The molecule has 0 aromatic heterocycles. The fourth-order valence-electron chi connectivity index (χ4n) is 4.33. The third kappa shape index (κ3) is 22.7. The first-order valence-corrected chi connectivity index (χ1v) is 16.1. The highest BCUT2D eigenvalue weighted by molar-refractivity contribution is 5.91. The molecule has 2 atom stereocenters. The Kier molecular flexibility index (Phi) is 24.0. The number of carbonyl (C=O) groups is 5. The van der Waals surface area contributed by atoms with Gasteiger partial charge in [-0.1, -0.05) is 84.3 Å². The average Bonchev–Trinajstić information content (AvgIpc) is 2.94. The molecule has 10 heteroatoms. The Morgan fingerprint density at radius 2 is 1.10 bits per heavy atom. The Morgan fingerprint density at radius 3 is 1.62 bits per heavy atom. The van der Waals surface area contributed by atoms with Crippen molar-refractivity contribution >= 4 is 29.6 Å². The van der Waals surface area contributed by atoms with E-state index in [1.165, 1.54) is 64.7 Å². The molecule has 5 N–H and O–H groups in total. The fraction of sp³-hybridized carbons (Fsp3) is 0.781. The number of unbranched alkanes of at least 4 members (excludes halogenated alkanes) is 11. The number of rotatable bonds is 26. The van der Waals surface area contributed by atoms with Crippen molar-refractivity contribution in [1.82, 2.24) is 21.3 Å². The van der Waals surface area contributed by atoms with Crippen LogP contribution in [0.5, 0.6) is 0 Å². The number of carboxylic acid groups (broad SMARTS) is 1. The van der Waals surface area contributed by atoms with Crippen molar-refractivity contribution in [2.24, 2.45) is 5.92 Å². The quantitative estimate of drug-likeness (QED) is 0.0718. The van der Waals surface area contributed by atoms with Crippen LogP contribution in [0, 0.1) is 5.92 Å². The van der Waals surface area contributed by atoms with Crippen LogP contribution in [0.1, 0.15) is 130 Å². The summed E-state index contributed by atoms with van der Waals surface area (Å²) in [5, 5.41) is 19.5. The van der Waals surface area contributed by atoms with Crippen LogP contribution in [-0.4, -0.2) is 59.9 Å². The highest BCUT2D eigenvalue weighted by atomic mass is 16.4. The first kappa shape index (κ1) is 39.1. The summed E-state index contributed by atoms with van der Waals surface area (Å²) in [6.45, 7) is 7.63. The Hall–Kier alpha value is -2.91. The minimum absolute atomic E-state index is 0.0314. The van der Waals surface area contributed by atoms with Crippen molar-refractivity contribution in [3.8, 4) is 0 Å². The molecule has 242 valence electrons. The smallest absolute Gasteiger partial charge is 0.326 e. The molecule has 0 heterocycles. The summed E-state index contributed by atoms with van der Waals surface area (Å²) >= 11 is 0. The van der Waals surface area contributed by atoms with E-state index in [9.17, 15) is 29.1 Å². The number of aliphatic carboxylic acids is 1. The van der Waals surface area contributed by atoms with Gasteiger partial charge in [-0.3, -0.25) is 19.2 Å². The molecule has 0 aliphatic heterocycles. The van der Waals surface area contributed by atoms with Crippen LogP contribution in [-0.2, 0) is 24.0 Å². The lowest BCUT2D eigenvalue weighted by molar-refractivity contribution is -0.143. The van der Waals surface area contributed by atoms with Crippen molar-refractivity contribution in [2.75, 3.05) is 13.1 Å². The Labute approximate surface area is 253 Å². The van der Waals surface area contributed by atoms with E-state index in [2.05, 4.69) is 40.3 Å². The Balaban J connectivity index is 3.74. The van der Waals surface area contributed by atoms with Crippen LogP contribution >= 0.6 is 0 Å². The largest absolute Gasteiger partial charge is 0.480 e. The average molecular weight is 595 g/mol. The molecule has 0 fully saturated rings. The standard InChI is InChI=1S/C32H58N4O6/c1-5-6-7-8-9-10-11-12-13-14-15-16-17-18-19-20-27(37)33-23-24-34-28(38)21-22-29(39)35-26(4)31(40)36-30(25(2)3)32(41)42/h12-13,25-26,30H,5-11,14-24H2,1-4H3,(H,33,37)(H,34,38)(H,35,39)(H,36,40)(H,41,42)/t26-,30-/m0/s1. The first-order valence-electron chi connectivity index (χ1n) is 16.1. The van der Waals surface area contributed by atoms with Gasteiger partial charge in [0.25, 0.3) is 0 Å². The van der Waals surface area contributed by atoms with Crippen molar-refractivity contribution < 1.29 is 29.1 Å². The SMILES string of the molecule is CCCCCCCCC=CCCCCCCCC(=O)NCCNC(=O)CCC(=O)N[C@@H](C)C(=O)N[C@H](C(=O)O)C(C)C. The molecule has 0 aromatic carbocycles. The predicted molar refractivity (Wildman–Crippen MR) is 167 cm³/mol. The molecular formula is C32H58N4O6. The van der Waals surface area contributed by atoms with E-state index in [0.717, 1.165) is 25.7 Å². The molecule has 0 aliphatic rings. The fourth-order valence-corrected chi connectivity index (χ4v) is 4.33. The summed E-state index contributed by atoms with van der Waals surface area (Å²) in [5.74, 6) is -2.91. The monoisotopic (exact) mass is 594 g/mol. The maximum atomic E-state index is 12.2. The highest BCUT2D eigenvalue weighted by Gasteiger charge is 2.26. The molecule has 0 aliphatic carbocycles. The predicted octanol–water partition coefficient (Wildman–Crippen LogP) is 4.77. The summed E-state index contributed by atoms with van der Waals surface area (Å²) in [7, 11) is 0. The Bertz CT molecular complexity index is 815. The van der Waals surface area contributed by atoms with Crippen molar-refractivity contribution in [1.29, 1.82) is 0 Å². The molecule has 0 saturated heterocycles. The second kappa shape index (κ2) is 25.8. The van der Waals surface area contributed by atoms with E-state index >= 15 is 0 Å². The van der Waals surface area contributed by atoms with Gasteiger partial charge in [-0.15, -0.1) is 0 Å². The van der Waals surface area contributed by atoms with Gasteiger partial charge in [0.15, 0.2) is 0 Å². The number of allylic oxidation sites excluding steroid dienone is 2. The molecule has 0 aromatic rings. The second-order valence-corrected chi connectivity index (χ2v) is 11.4. The molecule has 0 saturated carbocycles. The number of nitrogens with one attached hydrogen (secondary N) is 4. The molecule has 0 spiro atoms. The maximum absolute atomic E-state index is 12.2.